The molecule has 2 aliphatic rings. The number of amides is 1. The zero-order valence-corrected chi connectivity index (χ0v) is 17.4. The van der Waals surface area contributed by atoms with Gasteiger partial charge in [0.1, 0.15) is 5.75 Å². The number of halogens is 1. The number of hydrogen-bond donors (Lipinski definition) is 1. The molecule has 1 atom stereocenters. The number of carbonyl (C=O) groups is 1. The Balaban J connectivity index is 0.00000225. The summed E-state index contributed by atoms with van der Waals surface area (Å²) >= 11 is 0. The molecule has 2 fully saturated rings. The summed E-state index contributed by atoms with van der Waals surface area (Å²) in [6, 6.07) is 7.86. The highest BCUT2D eigenvalue weighted by Crippen LogP contribution is 2.41. The summed E-state index contributed by atoms with van der Waals surface area (Å²) in [6.45, 7) is 5.10. The Morgan fingerprint density at radius 1 is 1.25 bits per heavy atom. The molecule has 2 aliphatic heterocycles. The second-order valence-electron chi connectivity index (χ2n) is 7.87. The Kier molecular flexibility index (Phi) is 6.30. The molecule has 1 spiro atoms. The molecule has 0 aliphatic carbocycles. The van der Waals surface area contributed by atoms with Crippen LogP contribution in [0, 0.1) is 5.41 Å². The zero-order valence-electron chi connectivity index (χ0n) is 16.6. The molecule has 2 aromatic rings. The Hall–Kier alpha value is -2.05. The first-order chi connectivity index (χ1) is 13.1. The van der Waals surface area contributed by atoms with E-state index in [2.05, 4.69) is 22.2 Å². The third kappa shape index (κ3) is 4.03. The molecular formula is C21H29ClN4O2. The van der Waals surface area contributed by atoms with E-state index in [0.717, 1.165) is 55.9 Å². The van der Waals surface area contributed by atoms with Crippen molar-refractivity contribution in [3.63, 3.8) is 0 Å². The average molecular weight is 405 g/mol. The van der Waals surface area contributed by atoms with E-state index in [1.165, 1.54) is 0 Å². The van der Waals surface area contributed by atoms with Gasteiger partial charge in [-0.2, -0.15) is 5.10 Å². The SMILES string of the molecule is COc1cccc(-n2cc(C(C)N3CC4(CCNCC4)CCC3=O)cn2)c1.Cl. The topological polar surface area (TPSA) is 59.4 Å². The molecule has 1 amide bonds. The van der Waals surface area contributed by atoms with Gasteiger partial charge in [-0.15, -0.1) is 12.4 Å². The van der Waals surface area contributed by atoms with Crippen molar-refractivity contribution in [1.29, 1.82) is 0 Å². The van der Waals surface area contributed by atoms with E-state index < -0.39 is 0 Å². The molecular weight excluding hydrogens is 376 g/mol. The molecule has 1 aromatic carbocycles. The summed E-state index contributed by atoms with van der Waals surface area (Å²) in [5.74, 6) is 1.07. The number of nitrogens with one attached hydrogen (secondary N) is 1. The second-order valence-corrected chi connectivity index (χ2v) is 7.87. The third-order valence-corrected chi connectivity index (χ3v) is 6.23. The van der Waals surface area contributed by atoms with Gasteiger partial charge in [0, 0.05) is 30.8 Å². The van der Waals surface area contributed by atoms with Crippen molar-refractivity contribution in [3.05, 3.63) is 42.2 Å². The van der Waals surface area contributed by atoms with Crippen LogP contribution in [0.3, 0.4) is 0 Å². The Morgan fingerprint density at radius 2 is 2.04 bits per heavy atom. The van der Waals surface area contributed by atoms with Crippen LogP contribution in [0.4, 0.5) is 0 Å². The molecule has 1 N–H and O–H groups in total. The van der Waals surface area contributed by atoms with Crippen molar-refractivity contribution in [2.75, 3.05) is 26.7 Å². The van der Waals surface area contributed by atoms with E-state index in [9.17, 15) is 4.79 Å². The lowest BCUT2D eigenvalue weighted by Crippen LogP contribution is -2.51. The normalized spacial score (nSPS) is 19.9. The minimum Gasteiger partial charge on any atom is -0.497 e. The van der Waals surface area contributed by atoms with E-state index in [4.69, 9.17) is 4.74 Å². The van der Waals surface area contributed by atoms with Crippen LogP contribution in [0.25, 0.3) is 5.69 Å². The molecule has 7 heteroatoms. The predicted octanol–water partition coefficient (Wildman–Crippen LogP) is 3.36. The van der Waals surface area contributed by atoms with Crippen LogP contribution >= 0.6 is 12.4 Å². The molecule has 1 aromatic heterocycles. The van der Waals surface area contributed by atoms with E-state index in [0.29, 0.717) is 6.42 Å². The summed E-state index contributed by atoms with van der Waals surface area (Å²) in [7, 11) is 1.66. The number of hydrogen-bond acceptors (Lipinski definition) is 4. The van der Waals surface area contributed by atoms with Crippen molar-refractivity contribution < 1.29 is 9.53 Å². The minimum atomic E-state index is 0. The molecule has 152 valence electrons. The lowest BCUT2D eigenvalue weighted by molar-refractivity contribution is -0.141. The van der Waals surface area contributed by atoms with Crippen LogP contribution in [0.15, 0.2) is 36.7 Å². The van der Waals surface area contributed by atoms with Gasteiger partial charge in [0.15, 0.2) is 0 Å². The first-order valence-corrected chi connectivity index (χ1v) is 9.79. The monoisotopic (exact) mass is 404 g/mol. The largest absolute Gasteiger partial charge is 0.497 e. The van der Waals surface area contributed by atoms with Crippen molar-refractivity contribution in [2.24, 2.45) is 5.41 Å². The predicted molar refractivity (Wildman–Crippen MR) is 111 cm³/mol. The summed E-state index contributed by atoms with van der Waals surface area (Å²) in [4.78, 5) is 14.7. The summed E-state index contributed by atoms with van der Waals surface area (Å²) in [5, 5.41) is 7.97. The smallest absolute Gasteiger partial charge is 0.223 e. The van der Waals surface area contributed by atoms with Crippen LogP contribution in [0.2, 0.25) is 0 Å². The van der Waals surface area contributed by atoms with Gasteiger partial charge in [-0.3, -0.25) is 4.79 Å². The molecule has 2 saturated heterocycles. The van der Waals surface area contributed by atoms with Gasteiger partial charge < -0.3 is 15.0 Å². The van der Waals surface area contributed by atoms with Crippen molar-refractivity contribution in [3.8, 4) is 11.4 Å². The maximum Gasteiger partial charge on any atom is 0.223 e. The van der Waals surface area contributed by atoms with Crippen LogP contribution in [0.1, 0.15) is 44.2 Å². The van der Waals surface area contributed by atoms with Gasteiger partial charge in [0.2, 0.25) is 5.91 Å². The Labute approximate surface area is 172 Å². The summed E-state index contributed by atoms with van der Waals surface area (Å²) in [6.07, 6.45) is 7.91. The molecule has 0 bridgehead atoms. The zero-order chi connectivity index (χ0) is 18.9. The first-order valence-electron chi connectivity index (χ1n) is 9.79. The second kappa shape index (κ2) is 8.53. The number of nitrogens with zero attached hydrogens (tertiary/aromatic N) is 3. The fourth-order valence-corrected chi connectivity index (χ4v) is 4.39. The quantitative estimate of drug-likeness (QED) is 0.848. The van der Waals surface area contributed by atoms with Crippen molar-refractivity contribution in [2.45, 2.75) is 38.6 Å². The molecule has 0 radical (unpaired) electrons. The highest BCUT2D eigenvalue weighted by Gasteiger charge is 2.41. The van der Waals surface area contributed by atoms with Crippen molar-refractivity contribution in [1.82, 2.24) is 20.0 Å². The number of ether oxygens (including phenoxy) is 1. The van der Waals surface area contributed by atoms with E-state index in [1.54, 1.807) is 7.11 Å². The minimum absolute atomic E-state index is 0. The molecule has 3 heterocycles. The molecule has 0 saturated carbocycles. The van der Waals surface area contributed by atoms with E-state index >= 15 is 0 Å². The average Bonchev–Trinajstić information content (AvgIpc) is 3.20. The number of rotatable bonds is 4. The van der Waals surface area contributed by atoms with Crippen LogP contribution in [-0.2, 0) is 4.79 Å². The van der Waals surface area contributed by atoms with Crippen LogP contribution in [-0.4, -0.2) is 47.3 Å². The van der Waals surface area contributed by atoms with Crippen LogP contribution < -0.4 is 10.1 Å². The Bertz CT molecular complexity index is 816. The maximum atomic E-state index is 12.7. The van der Waals surface area contributed by atoms with Gasteiger partial charge in [-0.1, -0.05) is 6.07 Å². The standard InChI is InChI=1S/C21H28N4O2.ClH/c1-16(24-15-21(7-6-20(24)26)8-10-22-11-9-21)17-13-23-25(14-17)18-4-3-5-19(12-18)27-2;/h3-5,12-14,16,22H,6-11,15H2,1-2H3;1H. The lowest BCUT2D eigenvalue weighted by Gasteiger charge is -2.47. The van der Waals surface area contributed by atoms with Gasteiger partial charge in [0.05, 0.1) is 25.0 Å². The molecule has 28 heavy (non-hydrogen) atoms. The fraction of sp³-hybridized carbons (Fsp3) is 0.524. The fourth-order valence-electron chi connectivity index (χ4n) is 4.39. The molecule has 4 rings (SSSR count). The van der Waals surface area contributed by atoms with Gasteiger partial charge in [-0.25, -0.2) is 4.68 Å². The van der Waals surface area contributed by atoms with Gasteiger partial charge in [-0.05, 0) is 56.8 Å². The number of methoxy groups -OCH3 is 1. The highest BCUT2D eigenvalue weighted by molar-refractivity contribution is 5.85. The van der Waals surface area contributed by atoms with Crippen molar-refractivity contribution >= 4 is 18.3 Å². The Morgan fingerprint density at radius 3 is 2.79 bits per heavy atom. The first kappa shape index (κ1) is 20.7. The van der Waals surface area contributed by atoms with Gasteiger partial charge >= 0.3 is 0 Å². The van der Waals surface area contributed by atoms with Gasteiger partial charge in [0.25, 0.3) is 0 Å². The third-order valence-electron chi connectivity index (χ3n) is 6.23. The summed E-state index contributed by atoms with van der Waals surface area (Å²) < 4.78 is 7.15. The summed E-state index contributed by atoms with van der Waals surface area (Å²) in [5.41, 5.74) is 2.31. The van der Waals surface area contributed by atoms with Crippen LogP contribution in [0.5, 0.6) is 5.75 Å². The number of piperidine rings is 2. The molecule has 1 unspecified atom stereocenters. The highest BCUT2D eigenvalue weighted by atomic mass is 35.5. The number of likely N-dealkylation sites (tertiary alicyclic amines) is 1. The molecule has 6 nitrogen and oxygen atoms in total. The van der Waals surface area contributed by atoms with E-state index in [-0.39, 0.29) is 29.8 Å². The van der Waals surface area contributed by atoms with E-state index in [1.807, 2.05) is 41.3 Å². The number of benzene rings is 1. The number of carbonyl (C=O) groups excluding carboxylic acids is 1. The maximum absolute atomic E-state index is 12.7. The lowest BCUT2D eigenvalue weighted by atomic mass is 9.72. The number of aromatic nitrogens is 2.